The van der Waals surface area contributed by atoms with Crippen LogP contribution in [0, 0.1) is 11.7 Å². The van der Waals surface area contributed by atoms with Crippen LogP contribution < -0.4 is 5.73 Å². The van der Waals surface area contributed by atoms with Crippen molar-refractivity contribution in [3.05, 3.63) is 34.6 Å². The highest BCUT2D eigenvalue weighted by atomic mass is 35.5. The number of nitrogens with two attached hydrogens (primary N) is 1. The third-order valence-corrected chi connectivity index (χ3v) is 4.73. The van der Waals surface area contributed by atoms with Crippen LogP contribution in [-0.4, -0.2) is 24.5 Å². The molecule has 2 unspecified atom stereocenters. The molecule has 2 rings (SSSR count). The Kier molecular flexibility index (Phi) is 6.46. The minimum Gasteiger partial charge on any atom is -0.329 e. The van der Waals surface area contributed by atoms with Gasteiger partial charge in [0.25, 0.3) is 0 Å². The lowest BCUT2D eigenvalue weighted by molar-refractivity contribution is 0.206. The molecule has 0 aliphatic carbocycles. The number of hydrogen-bond acceptors (Lipinski definition) is 2. The minimum absolute atomic E-state index is 0.0681. The average molecular weight is 313 g/mol. The average Bonchev–Trinajstić information content (AvgIpc) is 2.65. The molecule has 21 heavy (non-hydrogen) atoms. The lowest BCUT2D eigenvalue weighted by Crippen LogP contribution is -2.34. The minimum atomic E-state index is -0.283. The predicted octanol–water partition coefficient (Wildman–Crippen LogP) is 4.38. The summed E-state index contributed by atoms with van der Waals surface area (Å²) in [5, 5.41) is 0.446. The first kappa shape index (κ1) is 16.7. The Morgan fingerprint density at radius 2 is 2.14 bits per heavy atom. The molecule has 0 saturated carbocycles. The van der Waals surface area contributed by atoms with Gasteiger partial charge in [-0.2, -0.15) is 0 Å². The summed E-state index contributed by atoms with van der Waals surface area (Å²) in [5.41, 5.74) is 6.87. The summed E-state index contributed by atoms with van der Waals surface area (Å²) in [7, 11) is 0. The van der Waals surface area contributed by atoms with Crippen LogP contribution in [0.5, 0.6) is 0 Å². The summed E-state index contributed by atoms with van der Waals surface area (Å²) < 4.78 is 13.6. The summed E-state index contributed by atoms with van der Waals surface area (Å²) in [6.07, 6.45) is 6.28. The molecule has 1 aromatic carbocycles. The maximum Gasteiger partial charge on any atom is 0.125 e. The normalized spacial score (nSPS) is 22.0. The van der Waals surface area contributed by atoms with Gasteiger partial charge in [-0.05, 0) is 62.0 Å². The SMILES string of the molecule is CCCC1CCCN(C(CN)c2cc(F)cc(Cl)c2)CC1. The molecule has 2 N–H and O–H groups in total. The Labute approximate surface area is 132 Å². The molecule has 1 saturated heterocycles. The van der Waals surface area contributed by atoms with Crippen molar-refractivity contribution in [1.82, 2.24) is 4.90 Å². The number of likely N-dealkylation sites (tertiary alicyclic amines) is 1. The molecule has 1 heterocycles. The van der Waals surface area contributed by atoms with E-state index in [-0.39, 0.29) is 11.9 Å². The first-order valence-electron chi connectivity index (χ1n) is 8.04. The van der Waals surface area contributed by atoms with Crippen molar-refractivity contribution in [2.45, 2.75) is 45.1 Å². The largest absolute Gasteiger partial charge is 0.329 e. The number of nitrogens with zero attached hydrogens (tertiary/aromatic N) is 1. The Bertz CT molecular complexity index is 432. The van der Waals surface area contributed by atoms with E-state index >= 15 is 0 Å². The Morgan fingerprint density at radius 1 is 1.33 bits per heavy atom. The molecule has 0 spiro atoms. The van der Waals surface area contributed by atoms with Gasteiger partial charge in [0.05, 0.1) is 0 Å². The van der Waals surface area contributed by atoms with Crippen molar-refractivity contribution in [2.75, 3.05) is 19.6 Å². The molecule has 1 aliphatic rings. The van der Waals surface area contributed by atoms with Crippen molar-refractivity contribution < 1.29 is 4.39 Å². The maximum atomic E-state index is 13.6. The van der Waals surface area contributed by atoms with Crippen LogP contribution in [0.2, 0.25) is 5.02 Å². The van der Waals surface area contributed by atoms with Crippen LogP contribution in [0.1, 0.15) is 50.6 Å². The van der Waals surface area contributed by atoms with E-state index in [0.29, 0.717) is 11.6 Å². The van der Waals surface area contributed by atoms with Crippen LogP contribution in [-0.2, 0) is 0 Å². The van der Waals surface area contributed by atoms with Crippen molar-refractivity contribution >= 4 is 11.6 Å². The smallest absolute Gasteiger partial charge is 0.125 e. The summed E-state index contributed by atoms with van der Waals surface area (Å²) >= 11 is 5.99. The Balaban J connectivity index is 2.09. The topological polar surface area (TPSA) is 29.3 Å². The van der Waals surface area contributed by atoms with E-state index in [2.05, 4.69) is 11.8 Å². The fourth-order valence-electron chi connectivity index (χ4n) is 3.46. The third kappa shape index (κ3) is 4.67. The summed E-state index contributed by atoms with van der Waals surface area (Å²) in [6.45, 7) is 4.83. The Morgan fingerprint density at radius 3 is 2.81 bits per heavy atom. The molecule has 1 aromatic rings. The standard InChI is InChI=1S/C17H26ClFN2/c1-2-4-13-5-3-7-21(8-6-13)17(12-20)14-9-15(18)11-16(19)10-14/h9-11,13,17H,2-8,12,20H2,1H3. The monoisotopic (exact) mass is 312 g/mol. The summed E-state index contributed by atoms with van der Waals surface area (Å²) in [6, 6.07) is 4.82. The number of benzene rings is 1. The van der Waals surface area contributed by atoms with E-state index < -0.39 is 0 Å². The highest BCUT2D eigenvalue weighted by molar-refractivity contribution is 6.30. The highest BCUT2D eigenvalue weighted by Crippen LogP contribution is 2.29. The fraction of sp³-hybridized carbons (Fsp3) is 0.647. The van der Waals surface area contributed by atoms with Gasteiger partial charge in [-0.1, -0.05) is 31.4 Å². The quantitative estimate of drug-likeness (QED) is 0.874. The van der Waals surface area contributed by atoms with Gasteiger partial charge in [0.2, 0.25) is 0 Å². The van der Waals surface area contributed by atoms with Crippen LogP contribution in [0.25, 0.3) is 0 Å². The molecule has 118 valence electrons. The molecular formula is C17H26ClFN2. The van der Waals surface area contributed by atoms with Gasteiger partial charge in [-0.3, -0.25) is 4.90 Å². The van der Waals surface area contributed by atoms with Crippen LogP contribution in [0.4, 0.5) is 4.39 Å². The molecular weight excluding hydrogens is 287 g/mol. The molecule has 0 bridgehead atoms. The Hall–Kier alpha value is -0.640. The third-order valence-electron chi connectivity index (χ3n) is 4.51. The lowest BCUT2D eigenvalue weighted by atomic mass is 9.96. The van der Waals surface area contributed by atoms with E-state index in [1.165, 1.54) is 38.2 Å². The zero-order valence-corrected chi connectivity index (χ0v) is 13.6. The van der Waals surface area contributed by atoms with Gasteiger partial charge in [-0.25, -0.2) is 4.39 Å². The van der Waals surface area contributed by atoms with Crippen molar-refractivity contribution in [3.63, 3.8) is 0 Å². The van der Waals surface area contributed by atoms with Crippen LogP contribution >= 0.6 is 11.6 Å². The molecule has 4 heteroatoms. The second kappa shape index (κ2) is 8.11. The van der Waals surface area contributed by atoms with Gasteiger partial charge in [0.1, 0.15) is 5.82 Å². The van der Waals surface area contributed by atoms with E-state index in [9.17, 15) is 4.39 Å². The zero-order valence-electron chi connectivity index (χ0n) is 12.8. The van der Waals surface area contributed by atoms with Gasteiger partial charge < -0.3 is 5.73 Å². The lowest BCUT2D eigenvalue weighted by Gasteiger charge is -2.30. The van der Waals surface area contributed by atoms with Crippen molar-refractivity contribution in [2.24, 2.45) is 11.7 Å². The van der Waals surface area contributed by atoms with E-state index in [0.717, 1.165) is 24.6 Å². The first-order chi connectivity index (χ1) is 10.1. The van der Waals surface area contributed by atoms with E-state index in [4.69, 9.17) is 17.3 Å². The van der Waals surface area contributed by atoms with E-state index in [1.807, 2.05) is 6.07 Å². The molecule has 2 nitrogen and oxygen atoms in total. The van der Waals surface area contributed by atoms with E-state index in [1.54, 1.807) is 6.07 Å². The van der Waals surface area contributed by atoms with Gasteiger partial charge in [-0.15, -0.1) is 0 Å². The zero-order chi connectivity index (χ0) is 15.2. The molecule has 0 aromatic heterocycles. The van der Waals surface area contributed by atoms with Crippen molar-refractivity contribution in [3.8, 4) is 0 Å². The van der Waals surface area contributed by atoms with Gasteiger partial charge in [0.15, 0.2) is 0 Å². The fourth-order valence-corrected chi connectivity index (χ4v) is 3.69. The molecule has 2 atom stereocenters. The van der Waals surface area contributed by atoms with Gasteiger partial charge in [0, 0.05) is 17.6 Å². The molecule has 1 aliphatic heterocycles. The highest BCUT2D eigenvalue weighted by Gasteiger charge is 2.23. The van der Waals surface area contributed by atoms with Gasteiger partial charge >= 0.3 is 0 Å². The number of halogens is 2. The number of hydrogen-bond donors (Lipinski definition) is 1. The second-order valence-electron chi connectivity index (χ2n) is 6.08. The van der Waals surface area contributed by atoms with Crippen LogP contribution in [0.15, 0.2) is 18.2 Å². The molecule has 0 radical (unpaired) electrons. The molecule has 0 amide bonds. The predicted molar refractivity (Wildman–Crippen MR) is 87.0 cm³/mol. The second-order valence-corrected chi connectivity index (χ2v) is 6.51. The molecule has 1 fully saturated rings. The summed E-state index contributed by atoms with van der Waals surface area (Å²) in [5.74, 6) is 0.546. The van der Waals surface area contributed by atoms with Crippen LogP contribution in [0.3, 0.4) is 0 Å². The number of rotatable bonds is 5. The summed E-state index contributed by atoms with van der Waals surface area (Å²) in [4.78, 5) is 2.40. The van der Waals surface area contributed by atoms with Crippen molar-refractivity contribution in [1.29, 1.82) is 0 Å². The maximum absolute atomic E-state index is 13.6. The first-order valence-corrected chi connectivity index (χ1v) is 8.42.